The number of ether oxygens (including phenoxy) is 2. The second-order valence-corrected chi connectivity index (χ2v) is 5.28. The zero-order valence-electron chi connectivity index (χ0n) is 13.5. The summed E-state index contributed by atoms with van der Waals surface area (Å²) < 4.78 is 10.9. The van der Waals surface area contributed by atoms with Crippen molar-refractivity contribution in [2.45, 2.75) is 12.5 Å². The van der Waals surface area contributed by atoms with Gasteiger partial charge < -0.3 is 20.1 Å². The summed E-state index contributed by atoms with van der Waals surface area (Å²) in [6.45, 7) is 2.05. The molecule has 1 unspecified atom stereocenters. The number of anilines is 1. The standard InChI is InChI=1S/C17H19N3O3.2ClH/c21-16(10-14-12-22-9-8-18-14)20-13-6-7-17(19-11-13)23-15-4-2-1-3-5-15;;/h1-7,11,14,18H,8-10,12H2,(H,20,21);2*1H. The van der Waals surface area contributed by atoms with Gasteiger partial charge in [-0.1, -0.05) is 18.2 Å². The number of carbonyl (C=O) groups excluding carboxylic acids is 1. The van der Waals surface area contributed by atoms with Crippen molar-refractivity contribution in [3.8, 4) is 11.6 Å². The number of aromatic nitrogens is 1. The van der Waals surface area contributed by atoms with Crippen molar-refractivity contribution >= 4 is 36.4 Å². The SMILES string of the molecule is Cl.Cl.O=C(CC1COCCN1)Nc1ccc(Oc2ccccc2)nc1. The maximum Gasteiger partial charge on any atom is 0.226 e. The highest BCUT2D eigenvalue weighted by Gasteiger charge is 2.16. The summed E-state index contributed by atoms with van der Waals surface area (Å²) in [6.07, 6.45) is 1.96. The fourth-order valence-electron chi connectivity index (χ4n) is 2.31. The predicted octanol–water partition coefficient (Wildman–Crippen LogP) is 3.03. The molecule has 1 aliphatic heterocycles. The topological polar surface area (TPSA) is 72.5 Å². The van der Waals surface area contributed by atoms with E-state index in [9.17, 15) is 4.79 Å². The first kappa shape index (κ1) is 21.2. The number of carbonyl (C=O) groups is 1. The number of hydrogen-bond donors (Lipinski definition) is 2. The van der Waals surface area contributed by atoms with Gasteiger partial charge in [-0.2, -0.15) is 0 Å². The molecule has 1 amide bonds. The van der Waals surface area contributed by atoms with Crippen LogP contribution in [0.3, 0.4) is 0 Å². The lowest BCUT2D eigenvalue weighted by molar-refractivity contribution is -0.117. The molecule has 0 spiro atoms. The average molecular weight is 386 g/mol. The molecule has 25 heavy (non-hydrogen) atoms. The van der Waals surface area contributed by atoms with Crippen molar-refractivity contribution < 1.29 is 14.3 Å². The molecule has 1 atom stereocenters. The molecular formula is C17H21Cl2N3O3. The molecule has 1 aromatic carbocycles. The van der Waals surface area contributed by atoms with Gasteiger partial charge in [0, 0.05) is 25.1 Å². The molecule has 0 aliphatic carbocycles. The van der Waals surface area contributed by atoms with E-state index in [0.29, 0.717) is 31.2 Å². The number of hydrogen-bond acceptors (Lipinski definition) is 5. The van der Waals surface area contributed by atoms with Crippen molar-refractivity contribution in [3.05, 3.63) is 48.7 Å². The minimum Gasteiger partial charge on any atom is -0.439 e. The Kier molecular flexibility index (Phi) is 9.23. The first-order chi connectivity index (χ1) is 11.3. The molecule has 1 fully saturated rings. The van der Waals surface area contributed by atoms with E-state index in [1.54, 1.807) is 18.3 Å². The number of amides is 1. The third-order valence-electron chi connectivity index (χ3n) is 3.42. The highest BCUT2D eigenvalue weighted by Crippen LogP contribution is 2.19. The normalized spacial score (nSPS) is 16.1. The van der Waals surface area contributed by atoms with Gasteiger partial charge in [-0.25, -0.2) is 4.98 Å². The second kappa shape index (κ2) is 10.9. The third-order valence-corrected chi connectivity index (χ3v) is 3.42. The van der Waals surface area contributed by atoms with Crippen molar-refractivity contribution in [1.29, 1.82) is 0 Å². The first-order valence-corrected chi connectivity index (χ1v) is 7.59. The van der Waals surface area contributed by atoms with Gasteiger partial charge >= 0.3 is 0 Å². The third kappa shape index (κ3) is 6.88. The van der Waals surface area contributed by atoms with Crippen LogP contribution in [0.25, 0.3) is 0 Å². The van der Waals surface area contributed by atoms with Crippen molar-refractivity contribution in [2.24, 2.45) is 0 Å². The number of benzene rings is 1. The van der Waals surface area contributed by atoms with Crippen molar-refractivity contribution in [1.82, 2.24) is 10.3 Å². The van der Waals surface area contributed by atoms with Crippen LogP contribution in [0.1, 0.15) is 6.42 Å². The first-order valence-electron chi connectivity index (χ1n) is 7.59. The molecule has 0 saturated carbocycles. The van der Waals surface area contributed by atoms with Gasteiger partial charge in [0.25, 0.3) is 0 Å². The van der Waals surface area contributed by atoms with E-state index in [-0.39, 0.29) is 36.8 Å². The number of pyridine rings is 1. The summed E-state index contributed by atoms with van der Waals surface area (Å²) in [5, 5.41) is 6.08. The Hall–Kier alpha value is -1.86. The van der Waals surface area contributed by atoms with Gasteiger partial charge in [-0.15, -0.1) is 24.8 Å². The lowest BCUT2D eigenvalue weighted by Gasteiger charge is -2.23. The number of rotatable bonds is 5. The summed E-state index contributed by atoms with van der Waals surface area (Å²) in [6, 6.07) is 13.0. The fourth-order valence-corrected chi connectivity index (χ4v) is 2.31. The molecule has 2 aromatic rings. The van der Waals surface area contributed by atoms with Crippen molar-refractivity contribution in [3.63, 3.8) is 0 Å². The molecule has 1 saturated heterocycles. The molecular weight excluding hydrogens is 365 g/mol. The van der Waals surface area contributed by atoms with Crippen LogP contribution in [0, 0.1) is 0 Å². The minimum atomic E-state index is -0.0634. The molecule has 2 N–H and O–H groups in total. The Morgan fingerprint density at radius 1 is 1.24 bits per heavy atom. The van der Waals surface area contributed by atoms with Gasteiger partial charge in [0.2, 0.25) is 11.8 Å². The minimum absolute atomic E-state index is 0. The number of morpholine rings is 1. The maximum absolute atomic E-state index is 12.0. The molecule has 136 valence electrons. The highest BCUT2D eigenvalue weighted by atomic mass is 35.5. The zero-order valence-corrected chi connectivity index (χ0v) is 15.1. The molecule has 6 nitrogen and oxygen atoms in total. The molecule has 0 bridgehead atoms. The summed E-state index contributed by atoms with van der Waals surface area (Å²) in [4.78, 5) is 16.2. The second-order valence-electron chi connectivity index (χ2n) is 5.28. The van der Waals surface area contributed by atoms with Crippen LogP contribution in [0.4, 0.5) is 5.69 Å². The fraction of sp³-hybridized carbons (Fsp3) is 0.294. The molecule has 1 aromatic heterocycles. The van der Waals surface area contributed by atoms with E-state index in [1.165, 1.54) is 0 Å². The van der Waals surface area contributed by atoms with Gasteiger partial charge in [0.1, 0.15) is 5.75 Å². The van der Waals surface area contributed by atoms with E-state index in [0.717, 1.165) is 12.3 Å². The van der Waals surface area contributed by atoms with E-state index in [4.69, 9.17) is 9.47 Å². The summed E-state index contributed by atoms with van der Waals surface area (Å²) in [7, 11) is 0. The summed E-state index contributed by atoms with van der Waals surface area (Å²) in [5.41, 5.74) is 0.645. The largest absolute Gasteiger partial charge is 0.439 e. The van der Waals surface area contributed by atoms with Crippen LogP contribution in [0.2, 0.25) is 0 Å². The van der Waals surface area contributed by atoms with Crippen LogP contribution >= 0.6 is 24.8 Å². The van der Waals surface area contributed by atoms with Gasteiger partial charge in [-0.05, 0) is 18.2 Å². The van der Waals surface area contributed by atoms with Gasteiger partial charge in [-0.3, -0.25) is 4.79 Å². The van der Waals surface area contributed by atoms with E-state index < -0.39 is 0 Å². The maximum atomic E-state index is 12.0. The van der Waals surface area contributed by atoms with Gasteiger partial charge in [0.15, 0.2) is 0 Å². The van der Waals surface area contributed by atoms with Gasteiger partial charge in [0.05, 0.1) is 25.1 Å². The lowest BCUT2D eigenvalue weighted by Crippen LogP contribution is -2.43. The van der Waals surface area contributed by atoms with E-state index >= 15 is 0 Å². The molecule has 0 radical (unpaired) electrons. The van der Waals surface area contributed by atoms with Crippen LogP contribution in [-0.2, 0) is 9.53 Å². The van der Waals surface area contributed by atoms with Crippen LogP contribution in [0.5, 0.6) is 11.6 Å². The number of halogens is 2. The predicted molar refractivity (Wildman–Crippen MR) is 101 cm³/mol. The van der Waals surface area contributed by atoms with Crippen molar-refractivity contribution in [2.75, 3.05) is 25.1 Å². The Labute approximate surface area is 159 Å². The van der Waals surface area contributed by atoms with Crippen LogP contribution < -0.4 is 15.4 Å². The number of para-hydroxylation sites is 1. The number of nitrogens with zero attached hydrogens (tertiary/aromatic N) is 1. The molecule has 2 heterocycles. The summed E-state index contributed by atoms with van der Waals surface area (Å²) in [5.74, 6) is 1.14. The van der Waals surface area contributed by atoms with Crippen LogP contribution in [0.15, 0.2) is 48.7 Å². The molecule has 3 rings (SSSR count). The smallest absolute Gasteiger partial charge is 0.226 e. The Balaban J connectivity index is 0.00000156. The van der Waals surface area contributed by atoms with E-state index in [1.807, 2.05) is 30.3 Å². The quantitative estimate of drug-likeness (QED) is 0.827. The zero-order chi connectivity index (χ0) is 15.9. The molecule has 1 aliphatic rings. The Morgan fingerprint density at radius 3 is 2.68 bits per heavy atom. The Bertz CT molecular complexity index is 635. The highest BCUT2D eigenvalue weighted by molar-refractivity contribution is 5.90. The monoisotopic (exact) mass is 385 g/mol. The van der Waals surface area contributed by atoms with E-state index in [2.05, 4.69) is 15.6 Å². The van der Waals surface area contributed by atoms with Crippen LogP contribution in [-0.4, -0.2) is 36.7 Å². The number of nitrogens with one attached hydrogen (secondary N) is 2. The summed E-state index contributed by atoms with van der Waals surface area (Å²) >= 11 is 0. The lowest BCUT2D eigenvalue weighted by atomic mass is 10.2. The molecule has 8 heteroatoms. The average Bonchev–Trinajstić information content (AvgIpc) is 2.58. The Morgan fingerprint density at radius 2 is 2.04 bits per heavy atom.